The van der Waals surface area contributed by atoms with E-state index in [1.54, 1.807) is 36.7 Å². The average molecular weight is 394 g/mol. The van der Waals surface area contributed by atoms with Crippen molar-refractivity contribution in [3.8, 4) is 5.69 Å². The van der Waals surface area contributed by atoms with Gasteiger partial charge < -0.3 is 5.11 Å². The molecule has 0 saturated carbocycles. The fourth-order valence-corrected chi connectivity index (χ4v) is 3.10. The van der Waals surface area contributed by atoms with E-state index in [-0.39, 0.29) is 17.7 Å². The molecule has 0 fully saturated rings. The quantitative estimate of drug-likeness (QED) is 0.544. The minimum absolute atomic E-state index is 0.114. The van der Waals surface area contributed by atoms with Crippen LogP contribution in [0.1, 0.15) is 11.1 Å². The van der Waals surface area contributed by atoms with Gasteiger partial charge in [-0.05, 0) is 35.4 Å². The van der Waals surface area contributed by atoms with E-state index in [2.05, 4.69) is 26.9 Å². The van der Waals surface area contributed by atoms with Crippen molar-refractivity contribution in [2.45, 2.75) is 12.1 Å². The maximum atomic E-state index is 14.6. The normalized spacial score (nSPS) is 13.2. The highest BCUT2D eigenvalue weighted by Gasteiger charge is 2.37. The molecular weight excluding hydrogens is 378 g/mol. The fourth-order valence-electron chi connectivity index (χ4n) is 3.10. The molecule has 0 bridgehead atoms. The van der Waals surface area contributed by atoms with Gasteiger partial charge in [0.25, 0.3) is 0 Å². The van der Waals surface area contributed by atoms with Crippen molar-refractivity contribution in [2.75, 3.05) is 0 Å². The van der Waals surface area contributed by atoms with E-state index in [0.29, 0.717) is 11.3 Å². The second-order valence-electron chi connectivity index (χ2n) is 6.42. The molecule has 0 amide bonds. The molecule has 1 N–H and O–H groups in total. The van der Waals surface area contributed by atoms with Crippen molar-refractivity contribution in [3.63, 3.8) is 0 Å². The summed E-state index contributed by atoms with van der Waals surface area (Å²) < 4.78 is 29.4. The van der Waals surface area contributed by atoms with Gasteiger partial charge in [-0.1, -0.05) is 18.7 Å². The Balaban J connectivity index is 1.75. The van der Waals surface area contributed by atoms with Crippen molar-refractivity contribution in [1.29, 1.82) is 0 Å². The molecule has 0 aliphatic heterocycles. The monoisotopic (exact) mass is 394 g/mol. The first-order chi connectivity index (χ1) is 14.0. The van der Waals surface area contributed by atoms with Crippen molar-refractivity contribution in [1.82, 2.24) is 29.8 Å². The van der Waals surface area contributed by atoms with Crippen LogP contribution in [0.2, 0.25) is 0 Å². The maximum Gasteiger partial charge on any atom is 0.137 e. The number of halogens is 2. The summed E-state index contributed by atoms with van der Waals surface area (Å²) in [5.41, 5.74) is -0.515. The lowest BCUT2D eigenvalue weighted by atomic mass is 9.82. The Bertz CT molecular complexity index is 1130. The lowest BCUT2D eigenvalue weighted by molar-refractivity contribution is 0.0726. The molecule has 4 aromatic rings. The van der Waals surface area contributed by atoms with E-state index < -0.39 is 17.2 Å². The zero-order chi connectivity index (χ0) is 20.4. The Kier molecular flexibility index (Phi) is 4.73. The molecule has 0 spiro atoms. The van der Waals surface area contributed by atoms with Crippen molar-refractivity contribution in [2.24, 2.45) is 0 Å². The van der Waals surface area contributed by atoms with Crippen LogP contribution < -0.4 is 0 Å². The van der Waals surface area contributed by atoms with Crippen molar-refractivity contribution >= 4 is 5.57 Å². The van der Waals surface area contributed by atoms with Crippen LogP contribution in [-0.4, -0.2) is 34.9 Å². The van der Waals surface area contributed by atoms with Gasteiger partial charge in [0.05, 0.1) is 24.6 Å². The average Bonchev–Trinajstić information content (AvgIpc) is 3.41. The first-order valence-electron chi connectivity index (χ1n) is 8.64. The predicted octanol–water partition coefficient (Wildman–Crippen LogP) is 2.74. The molecule has 1 atom stereocenters. The third kappa shape index (κ3) is 3.55. The molecule has 146 valence electrons. The summed E-state index contributed by atoms with van der Waals surface area (Å²) in [6, 6.07) is 9.94. The highest BCUT2D eigenvalue weighted by atomic mass is 19.1. The summed E-state index contributed by atoms with van der Waals surface area (Å²) in [4.78, 5) is 5.29. The predicted molar refractivity (Wildman–Crippen MR) is 101 cm³/mol. The van der Waals surface area contributed by atoms with Gasteiger partial charge in [0.1, 0.15) is 29.9 Å². The molecule has 0 aliphatic rings. The highest BCUT2D eigenvalue weighted by molar-refractivity contribution is 5.72. The zero-order valence-corrected chi connectivity index (χ0v) is 15.2. The maximum absolute atomic E-state index is 14.6. The van der Waals surface area contributed by atoms with E-state index in [9.17, 15) is 13.9 Å². The third-order valence-corrected chi connectivity index (χ3v) is 4.60. The molecule has 2 heterocycles. The Morgan fingerprint density at radius 1 is 1.03 bits per heavy atom. The molecule has 29 heavy (non-hydrogen) atoms. The topological polar surface area (TPSA) is 81.6 Å². The van der Waals surface area contributed by atoms with Crippen LogP contribution >= 0.6 is 0 Å². The summed E-state index contributed by atoms with van der Waals surface area (Å²) >= 11 is 0. The van der Waals surface area contributed by atoms with Crippen molar-refractivity contribution < 1.29 is 13.9 Å². The van der Waals surface area contributed by atoms with E-state index in [1.165, 1.54) is 28.2 Å². The number of hydrogen-bond acceptors (Lipinski definition) is 5. The van der Waals surface area contributed by atoms with Gasteiger partial charge in [-0.2, -0.15) is 20.1 Å². The second kappa shape index (κ2) is 7.36. The van der Waals surface area contributed by atoms with Crippen molar-refractivity contribution in [3.05, 3.63) is 96.9 Å². The van der Waals surface area contributed by atoms with E-state index in [4.69, 9.17) is 0 Å². The van der Waals surface area contributed by atoms with Gasteiger partial charge in [-0.25, -0.2) is 18.4 Å². The van der Waals surface area contributed by atoms with Gasteiger partial charge >= 0.3 is 0 Å². The number of aromatic nitrogens is 6. The van der Waals surface area contributed by atoms with E-state index in [1.807, 2.05) is 0 Å². The molecule has 9 heteroatoms. The Labute approximate surface area is 164 Å². The number of aliphatic hydroxyl groups is 1. The third-order valence-electron chi connectivity index (χ3n) is 4.60. The Hall–Kier alpha value is -3.72. The Morgan fingerprint density at radius 3 is 2.38 bits per heavy atom. The number of rotatable bonds is 6. The summed E-state index contributed by atoms with van der Waals surface area (Å²) in [7, 11) is 0. The van der Waals surface area contributed by atoms with Gasteiger partial charge in [0, 0.05) is 11.6 Å². The molecule has 0 radical (unpaired) electrons. The number of hydrogen-bond donors (Lipinski definition) is 1. The van der Waals surface area contributed by atoms with Gasteiger partial charge in [0.15, 0.2) is 0 Å². The minimum atomic E-state index is -1.89. The smallest absolute Gasteiger partial charge is 0.137 e. The first-order valence-corrected chi connectivity index (χ1v) is 8.64. The molecule has 7 nitrogen and oxygen atoms in total. The zero-order valence-electron chi connectivity index (χ0n) is 15.2. The van der Waals surface area contributed by atoms with Crippen LogP contribution in [0.25, 0.3) is 11.3 Å². The van der Waals surface area contributed by atoms with E-state index >= 15 is 0 Å². The summed E-state index contributed by atoms with van der Waals surface area (Å²) in [6.45, 7) is 3.84. The van der Waals surface area contributed by atoms with Gasteiger partial charge in [-0.15, -0.1) is 0 Å². The molecule has 0 aliphatic carbocycles. The van der Waals surface area contributed by atoms with Crippen LogP contribution in [0.3, 0.4) is 0 Å². The summed E-state index contributed by atoms with van der Waals surface area (Å²) in [6.07, 6.45) is 5.81. The van der Waals surface area contributed by atoms with Crippen LogP contribution in [0.5, 0.6) is 0 Å². The lowest BCUT2D eigenvalue weighted by Gasteiger charge is -2.31. The highest BCUT2D eigenvalue weighted by Crippen LogP contribution is 2.38. The molecule has 0 saturated heterocycles. The van der Waals surface area contributed by atoms with Gasteiger partial charge in [-0.3, -0.25) is 0 Å². The Morgan fingerprint density at radius 2 is 1.76 bits per heavy atom. The van der Waals surface area contributed by atoms with Crippen LogP contribution in [-0.2, 0) is 12.1 Å². The SMILES string of the molecule is C=C(c1ccc(-n2nccn2)cc1)C(O)(Cn1cncn1)c1ccc(F)cc1F. The summed E-state index contributed by atoms with van der Waals surface area (Å²) in [5, 5.41) is 23.6. The molecule has 4 rings (SSSR count). The fraction of sp³-hybridized carbons (Fsp3) is 0.100. The summed E-state index contributed by atoms with van der Waals surface area (Å²) in [5.74, 6) is -1.62. The lowest BCUT2D eigenvalue weighted by Crippen LogP contribution is -2.34. The second-order valence-corrected chi connectivity index (χ2v) is 6.42. The van der Waals surface area contributed by atoms with Gasteiger partial charge in [0.2, 0.25) is 0 Å². The van der Waals surface area contributed by atoms with E-state index in [0.717, 1.165) is 12.1 Å². The number of nitrogens with zero attached hydrogens (tertiary/aromatic N) is 6. The molecule has 2 aromatic heterocycles. The first kappa shape index (κ1) is 18.6. The van der Waals surface area contributed by atoms with Crippen LogP contribution in [0.4, 0.5) is 8.78 Å². The molecular formula is C20H16F2N6O. The van der Waals surface area contributed by atoms with Crippen LogP contribution in [0, 0.1) is 11.6 Å². The molecule has 1 unspecified atom stereocenters. The van der Waals surface area contributed by atoms with Crippen LogP contribution in [0.15, 0.2) is 74.1 Å². The minimum Gasteiger partial charge on any atom is -0.378 e. The molecule has 2 aromatic carbocycles. The standard InChI is InChI=1S/C20H16F2N6O/c1-14(15-2-5-17(6-3-15)28-24-8-9-25-28)20(29,11-27-13-23-12-26-27)18-7-4-16(21)10-19(18)22/h2-10,12-13,29H,1,11H2. The largest absolute Gasteiger partial charge is 0.378 e. The number of benzene rings is 2.